The molecular formula is C12H22N2OS. The number of hydrogen-bond donors (Lipinski definition) is 2. The van der Waals surface area contributed by atoms with E-state index in [1.54, 1.807) is 0 Å². The van der Waals surface area contributed by atoms with Crippen molar-refractivity contribution < 1.29 is 4.74 Å². The molecular weight excluding hydrogens is 220 g/mol. The fourth-order valence-corrected chi connectivity index (χ4v) is 2.51. The summed E-state index contributed by atoms with van der Waals surface area (Å²) in [5, 5.41) is 7.46. The second kappa shape index (κ2) is 5.82. The summed E-state index contributed by atoms with van der Waals surface area (Å²) >= 11 is 5.29. The number of rotatable bonds is 5. The SMILES string of the molecule is CCCCNC(=S)NC1CCOC1C1CC1. The molecule has 92 valence electrons. The van der Waals surface area contributed by atoms with E-state index in [1.807, 2.05) is 0 Å². The normalized spacial score (nSPS) is 29.1. The Hall–Kier alpha value is -0.350. The molecule has 2 N–H and O–H groups in total. The molecule has 4 heteroatoms. The van der Waals surface area contributed by atoms with Crippen molar-refractivity contribution in [3.05, 3.63) is 0 Å². The lowest BCUT2D eigenvalue weighted by atomic mass is 10.1. The van der Waals surface area contributed by atoms with Gasteiger partial charge in [0.2, 0.25) is 0 Å². The number of thiocarbonyl (C=S) groups is 1. The maximum atomic E-state index is 5.77. The quantitative estimate of drug-likeness (QED) is 0.569. The van der Waals surface area contributed by atoms with E-state index in [2.05, 4.69) is 17.6 Å². The molecule has 1 saturated carbocycles. The third kappa shape index (κ3) is 3.32. The Kier molecular flexibility index (Phi) is 4.41. The van der Waals surface area contributed by atoms with Crippen molar-refractivity contribution >= 4 is 17.3 Å². The molecule has 0 aromatic heterocycles. The van der Waals surface area contributed by atoms with Gasteiger partial charge in [-0.3, -0.25) is 0 Å². The van der Waals surface area contributed by atoms with Crippen LogP contribution >= 0.6 is 12.2 Å². The molecule has 3 nitrogen and oxygen atoms in total. The fraction of sp³-hybridized carbons (Fsp3) is 0.917. The summed E-state index contributed by atoms with van der Waals surface area (Å²) in [5.74, 6) is 0.790. The molecule has 0 bridgehead atoms. The summed E-state index contributed by atoms with van der Waals surface area (Å²) < 4.78 is 5.77. The van der Waals surface area contributed by atoms with E-state index < -0.39 is 0 Å². The van der Waals surface area contributed by atoms with Gasteiger partial charge in [-0.2, -0.15) is 0 Å². The Morgan fingerprint density at radius 1 is 1.38 bits per heavy atom. The van der Waals surface area contributed by atoms with Crippen molar-refractivity contribution in [2.75, 3.05) is 13.2 Å². The minimum Gasteiger partial charge on any atom is -0.376 e. The van der Waals surface area contributed by atoms with Gasteiger partial charge < -0.3 is 15.4 Å². The van der Waals surface area contributed by atoms with Crippen molar-refractivity contribution in [2.45, 2.75) is 51.2 Å². The Labute approximate surface area is 103 Å². The number of ether oxygens (including phenoxy) is 1. The molecule has 0 aromatic carbocycles. The third-order valence-corrected chi connectivity index (χ3v) is 3.62. The minimum absolute atomic E-state index is 0.408. The van der Waals surface area contributed by atoms with Gasteiger partial charge in [-0.25, -0.2) is 0 Å². The van der Waals surface area contributed by atoms with Crippen LogP contribution in [-0.2, 0) is 4.74 Å². The third-order valence-electron chi connectivity index (χ3n) is 3.35. The summed E-state index contributed by atoms with van der Waals surface area (Å²) in [6.45, 7) is 4.05. The van der Waals surface area contributed by atoms with E-state index in [-0.39, 0.29) is 0 Å². The van der Waals surface area contributed by atoms with Gasteiger partial charge in [-0.05, 0) is 43.8 Å². The monoisotopic (exact) mass is 242 g/mol. The maximum Gasteiger partial charge on any atom is 0.166 e. The molecule has 2 unspecified atom stereocenters. The zero-order valence-electron chi connectivity index (χ0n) is 10.00. The highest BCUT2D eigenvalue weighted by atomic mass is 32.1. The lowest BCUT2D eigenvalue weighted by molar-refractivity contribution is 0.0842. The Morgan fingerprint density at radius 2 is 2.19 bits per heavy atom. The molecule has 16 heavy (non-hydrogen) atoms. The maximum absolute atomic E-state index is 5.77. The Bertz CT molecular complexity index is 243. The number of hydrogen-bond acceptors (Lipinski definition) is 2. The Morgan fingerprint density at radius 3 is 2.88 bits per heavy atom. The van der Waals surface area contributed by atoms with Crippen molar-refractivity contribution in [2.24, 2.45) is 5.92 Å². The predicted molar refractivity (Wildman–Crippen MR) is 69.5 cm³/mol. The highest BCUT2D eigenvalue weighted by Gasteiger charge is 2.40. The van der Waals surface area contributed by atoms with Crippen LogP contribution in [0.15, 0.2) is 0 Å². The first-order chi connectivity index (χ1) is 7.81. The van der Waals surface area contributed by atoms with Gasteiger partial charge in [0.15, 0.2) is 5.11 Å². The smallest absolute Gasteiger partial charge is 0.166 e. The summed E-state index contributed by atoms with van der Waals surface area (Å²) in [6.07, 6.45) is 6.54. The highest BCUT2D eigenvalue weighted by Crippen LogP contribution is 2.38. The van der Waals surface area contributed by atoms with E-state index in [4.69, 9.17) is 17.0 Å². The van der Waals surface area contributed by atoms with E-state index in [0.29, 0.717) is 12.1 Å². The molecule has 1 saturated heterocycles. The molecule has 0 amide bonds. The molecule has 0 spiro atoms. The fourth-order valence-electron chi connectivity index (χ4n) is 2.25. The minimum atomic E-state index is 0.408. The highest BCUT2D eigenvalue weighted by molar-refractivity contribution is 7.80. The van der Waals surface area contributed by atoms with Gasteiger partial charge in [0.1, 0.15) is 0 Å². The lowest BCUT2D eigenvalue weighted by Crippen LogP contribution is -2.46. The summed E-state index contributed by atoms with van der Waals surface area (Å²) in [7, 11) is 0. The molecule has 2 atom stereocenters. The first-order valence-corrected chi connectivity index (χ1v) is 6.88. The van der Waals surface area contributed by atoms with E-state index in [1.165, 1.54) is 25.7 Å². The molecule has 0 aromatic rings. The second-order valence-corrected chi connectivity index (χ2v) is 5.23. The lowest BCUT2D eigenvalue weighted by Gasteiger charge is -2.21. The molecule has 1 heterocycles. The van der Waals surface area contributed by atoms with Gasteiger partial charge >= 0.3 is 0 Å². The first kappa shape index (κ1) is 12.1. The summed E-state index contributed by atoms with van der Waals surface area (Å²) in [6, 6.07) is 0.439. The van der Waals surface area contributed by atoms with E-state index >= 15 is 0 Å². The second-order valence-electron chi connectivity index (χ2n) is 4.82. The van der Waals surface area contributed by atoms with Crippen LogP contribution in [0.3, 0.4) is 0 Å². The van der Waals surface area contributed by atoms with Gasteiger partial charge in [-0.15, -0.1) is 0 Å². The van der Waals surface area contributed by atoms with Crippen molar-refractivity contribution in [3.8, 4) is 0 Å². The predicted octanol–water partition coefficient (Wildman–Crippen LogP) is 1.82. The molecule has 1 aliphatic heterocycles. The van der Waals surface area contributed by atoms with Crippen LogP contribution in [0.2, 0.25) is 0 Å². The van der Waals surface area contributed by atoms with Crippen LogP contribution in [0.4, 0.5) is 0 Å². The molecule has 0 radical (unpaired) electrons. The molecule has 2 rings (SSSR count). The van der Waals surface area contributed by atoms with Crippen LogP contribution < -0.4 is 10.6 Å². The van der Waals surface area contributed by atoms with Crippen LogP contribution in [-0.4, -0.2) is 30.4 Å². The van der Waals surface area contributed by atoms with Crippen LogP contribution in [0.1, 0.15) is 39.0 Å². The van der Waals surface area contributed by atoms with Crippen molar-refractivity contribution in [1.82, 2.24) is 10.6 Å². The molecule has 1 aliphatic carbocycles. The topological polar surface area (TPSA) is 33.3 Å². The van der Waals surface area contributed by atoms with Crippen molar-refractivity contribution in [3.63, 3.8) is 0 Å². The van der Waals surface area contributed by atoms with Crippen molar-refractivity contribution in [1.29, 1.82) is 0 Å². The van der Waals surface area contributed by atoms with Crippen LogP contribution in [0.5, 0.6) is 0 Å². The van der Waals surface area contributed by atoms with Gasteiger partial charge in [0.25, 0.3) is 0 Å². The molecule has 2 aliphatic rings. The first-order valence-electron chi connectivity index (χ1n) is 6.47. The standard InChI is InChI=1S/C12H22N2OS/c1-2-3-7-13-12(16)14-10-6-8-15-11(10)9-4-5-9/h9-11H,2-8H2,1H3,(H2,13,14,16). The van der Waals surface area contributed by atoms with E-state index in [0.717, 1.165) is 30.6 Å². The zero-order chi connectivity index (χ0) is 11.4. The average Bonchev–Trinajstić information content (AvgIpc) is 3.01. The Balaban J connectivity index is 1.69. The zero-order valence-corrected chi connectivity index (χ0v) is 10.8. The van der Waals surface area contributed by atoms with Crippen LogP contribution in [0, 0.1) is 5.92 Å². The summed E-state index contributed by atoms with van der Waals surface area (Å²) in [5.41, 5.74) is 0. The van der Waals surface area contributed by atoms with E-state index in [9.17, 15) is 0 Å². The number of nitrogens with one attached hydrogen (secondary N) is 2. The van der Waals surface area contributed by atoms with Gasteiger partial charge in [0, 0.05) is 13.2 Å². The average molecular weight is 242 g/mol. The summed E-state index contributed by atoms with van der Waals surface area (Å²) in [4.78, 5) is 0. The number of unbranched alkanes of at least 4 members (excludes halogenated alkanes) is 1. The molecule has 2 fully saturated rings. The van der Waals surface area contributed by atoms with Gasteiger partial charge in [0.05, 0.1) is 12.1 Å². The van der Waals surface area contributed by atoms with Gasteiger partial charge in [-0.1, -0.05) is 13.3 Å². The van der Waals surface area contributed by atoms with Crippen LogP contribution in [0.25, 0.3) is 0 Å². The largest absolute Gasteiger partial charge is 0.376 e.